The summed E-state index contributed by atoms with van der Waals surface area (Å²) in [6.45, 7) is 0. The van der Waals surface area contributed by atoms with Gasteiger partial charge in [0.25, 0.3) is 5.91 Å². The van der Waals surface area contributed by atoms with E-state index in [0.717, 1.165) is 17.7 Å². The fourth-order valence-corrected chi connectivity index (χ4v) is 3.87. The number of benzene rings is 2. The maximum atomic E-state index is 12.6. The van der Waals surface area contributed by atoms with Crippen molar-refractivity contribution in [1.82, 2.24) is 5.32 Å². The molecule has 0 fully saturated rings. The lowest BCUT2D eigenvalue weighted by molar-refractivity contribution is 0.0932. The van der Waals surface area contributed by atoms with Crippen LogP contribution in [0.1, 0.15) is 28.4 Å². The molecule has 1 heterocycles. The Kier molecular flexibility index (Phi) is 4.60. The first-order valence-electron chi connectivity index (χ1n) is 7.05. The Morgan fingerprint density at radius 1 is 1.32 bits per heavy atom. The van der Waals surface area contributed by atoms with Gasteiger partial charge in [-0.3, -0.25) is 4.79 Å². The van der Waals surface area contributed by atoms with E-state index < -0.39 is 0 Å². The number of halogens is 1. The van der Waals surface area contributed by atoms with Gasteiger partial charge in [-0.15, -0.1) is 11.8 Å². The summed E-state index contributed by atoms with van der Waals surface area (Å²) in [4.78, 5) is 13.7. The Morgan fingerprint density at radius 2 is 2.14 bits per heavy atom. The first kappa shape index (κ1) is 15.3. The zero-order chi connectivity index (χ0) is 15.5. The Labute approximate surface area is 139 Å². The van der Waals surface area contributed by atoms with Crippen LogP contribution in [0.2, 0.25) is 5.02 Å². The largest absolute Gasteiger partial charge is 0.496 e. The number of fused-ring (bicyclic) bond motifs is 1. The summed E-state index contributed by atoms with van der Waals surface area (Å²) >= 11 is 7.90. The van der Waals surface area contributed by atoms with Gasteiger partial charge >= 0.3 is 0 Å². The smallest absolute Gasteiger partial charge is 0.255 e. The minimum absolute atomic E-state index is 0.0210. The van der Waals surface area contributed by atoms with Crippen molar-refractivity contribution >= 4 is 29.3 Å². The van der Waals surface area contributed by atoms with Gasteiger partial charge in [-0.05, 0) is 42.3 Å². The average Bonchev–Trinajstić information content (AvgIpc) is 2.55. The fourth-order valence-electron chi connectivity index (χ4n) is 2.58. The van der Waals surface area contributed by atoms with Crippen molar-refractivity contribution in [2.75, 3.05) is 12.9 Å². The fraction of sp³-hybridized carbons (Fsp3) is 0.235. The molecule has 0 unspecified atom stereocenters. The predicted octanol–water partition coefficient (Wildman–Crippen LogP) is 4.32. The maximum Gasteiger partial charge on any atom is 0.255 e. The first-order chi connectivity index (χ1) is 10.7. The van der Waals surface area contributed by atoms with Crippen LogP contribution >= 0.6 is 23.4 Å². The lowest BCUT2D eigenvalue weighted by Crippen LogP contribution is -2.30. The van der Waals surface area contributed by atoms with Crippen molar-refractivity contribution in [1.29, 1.82) is 0 Å². The zero-order valence-electron chi connectivity index (χ0n) is 12.1. The molecule has 0 bridgehead atoms. The van der Waals surface area contributed by atoms with Crippen LogP contribution in [0.4, 0.5) is 0 Å². The van der Waals surface area contributed by atoms with Crippen molar-refractivity contribution in [3.8, 4) is 5.75 Å². The van der Waals surface area contributed by atoms with Gasteiger partial charge in [-0.1, -0.05) is 23.7 Å². The minimum atomic E-state index is -0.125. The lowest BCUT2D eigenvalue weighted by atomic mass is 10.0. The van der Waals surface area contributed by atoms with Crippen LogP contribution in [0.25, 0.3) is 0 Å². The van der Waals surface area contributed by atoms with E-state index >= 15 is 0 Å². The third-order valence-corrected chi connectivity index (χ3v) is 5.03. The maximum absolute atomic E-state index is 12.6. The van der Waals surface area contributed by atoms with Gasteiger partial charge < -0.3 is 10.1 Å². The standard InChI is InChI=1S/C17H16ClNO2S/c1-21-15-5-3-2-4-12(15)17(20)19-14-8-9-22-16-7-6-11(18)10-13(14)16/h2-7,10,14H,8-9H2,1H3,(H,19,20)/t14-/m0/s1. The van der Waals surface area contributed by atoms with E-state index in [1.54, 1.807) is 31.0 Å². The topological polar surface area (TPSA) is 38.3 Å². The number of amides is 1. The van der Waals surface area contributed by atoms with E-state index in [-0.39, 0.29) is 11.9 Å². The SMILES string of the molecule is COc1ccccc1C(=O)N[C@H]1CCSc2ccc(Cl)cc21. The second-order valence-electron chi connectivity index (χ2n) is 5.05. The number of hydrogen-bond donors (Lipinski definition) is 1. The molecule has 2 aromatic rings. The van der Waals surface area contributed by atoms with Gasteiger partial charge in [0, 0.05) is 15.7 Å². The Balaban J connectivity index is 1.85. The minimum Gasteiger partial charge on any atom is -0.496 e. The highest BCUT2D eigenvalue weighted by Crippen LogP contribution is 2.37. The number of carbonyl (C=O) groups is 1. The van der Waals surface area contributed by atoms with E-state index in [1.165, 1.54) is 4.90 Å². The van der Waals surface area contributed by atoms with Gasteiger partial charge in [0.1, 0.15) is 5.75 Å². The summed E-state index contributed by atoms with van der Waals surface area (Å²) in [6, 6.07) is 13.1. The molecule has 1 aliphatic heterocycles. The first-order valence-corrected chi connectivity index (χ1v) is 8.41. The highest BCUT2D eigenvalue weighted by molar-refractivity contribution is 7.99. The number of ether oxygens (including phenoxy) is 1. The molecule has 0 aliphatic carbocycles. The van der Waals surface area contributed by atoms with Crippen LogP contribution in [-0.4, -0.2) is 18.8 Å². The average molecular weight is 334 g/mol. The number of carbonyl (C=O) groups excluding carboxylic acids is 1. The molecule has 3 nitrogen and oxygen atoms in total. The van der Waals surface area contributed by atoms with Crippen LogP contribution in [-0.2, 0) is 0 Å². The van der Waals surface area contributed by atoms with E-state index in [1.807, 2.05) is 30.3 Å². The summed E-state index contributed by atoms with van der Waals surface area (Å²) < 4.78 is 5.26. The number of thioether (sulfide) groups is 1. The van der Waals surface area contributed by atoms with Crippen molar-refractivity contribution < 1.29 is 9.53 Å². The molecule has 1 aliphatic rings. The van der Waals surface area contributed by atoms with Crippen LogP contribution in [0, 0.1) is 0 Å². The van der Waals surface area contributed by atoms with Crippen LogP contribution < -0.4 is 10.1 Å². The summed E-state index contributed by atoms with van der Waals surface area (Å²) in [7, 11) is 1.57. The van der Waals surface area contributed by atoms with E-state index in [9.17, 15) is 4.79 Å². The zero-order valence-corrected chi connectivity index (χ0v) is 13.7. The molecule has 22 heavy (non-hydrogen) atoms. The lowest BCUT2D eigenvalue weighted by Gasteiger charge is -2.26. The second-order valence-corrected chi connectivity index (χ2v) is 6.62. The highest BCUT2D eigenvalue weighted by atomic mass is 35.5. The molecular weight excluding hydrogens is 318 g/mol. The number of hydrogen-bond acceptors (Lipinski definition) is 3. The Morgan fingerprint density at radius 3 is 2.95 bits per heavy atom. The van der Waals surface area contributed by atoms with Crippen molar-refractivity contribution in [2.45, 2.75) is 17.4 Å². The van der Waals surface area contributed by atoms with E-state index in [0.29, 0.717) is 16.3 Å². The third kappa shape index (κ3) is 3.08. The molecule has 0 radical (unpaired) electrons. The number of methoxy groups -OCH3 is 1. The van der Waals surface area contributed by atoms with Crippen LogP contribution in [0.15, 0.2) is 47.4 Å². The quantitative estimate of drug-likeness (QED) is 0.909. The summed E-state index contributed by atoms with van der Waals surface area (Å²) in [6.07, 6.45) is 0.888. The molecule has 0 aromatic heterocycles. The van der Waals surface area contributed by atoms with Gasteiger partial charge in [-0.25, -0.2) is 0 Å². The van der Waals surface area contributed by atoms with Crippen molar-refractivity contribution in [2.24, 2.45) is 0 Å². The second kappa shape index (κ2) is 6.63. The molecular formula is C17H16ClNO2S. The summed E-state index contributed by atoms with van der Waals surface area (Å²) in [5.74, 6) is 1.43. The number of nitrogens with one attached hydrogen (secondary N) is 1. The van der Waals surface area contributed by atoms with Gasteiger partial charge in [0.05, 0.1) is 18.7 Å². The third-order valence-electron chi connectivity index (χ3n) is 3.67. The molecule has 2 aromatic carbocycles. The van der Waals surface area contributed by atoms with E-state index in [2.05, 4.69) is 5.32 Å². The molecule has 5 heteroatoms. The molecule has 0 saturated heterocycles. The molecule has 1 amide bonds. The summed E-state index contributed by atoms with van der Waals surface area (Å²) in [5.41, 5.74) is 1.64. The van der Waals surface area contributed by atoms with Gasteiger partial charge in [-0.2, -0.15) is 0 Å². The normalized spacial score (nSPS) is 16.7. The van der Waals surface area contributed by atoms with Crippen LogP contribution in [0.5, 0.6) is 5.75 Å². The summed E-state index contributed by atoms with van der Waals surface area (Å²) in [5, 5.41) is 3.79. The number of rotatable bonds is 3. The molecule has 1 N–H and O–H groups in total. The molecule has 0 saturated carbocycles. The monoisotopic (exact) mass is 333 g/mol. The highest BCUT2D eigenvalue weighted by Gasteiger charge is 2.24. The molecule has 114 valence electrons. The molecule has 0 spiro atoms. The predicted molar refractivity (Wildman–Crippen MR) is 90.0 cm³/mol. The van der Waals surface area contributed by atoms with E-state index in [4.69, 9.17) is 16.3 Å². The Bertz CT molecular complexity index is 705. The van der Waals surface area contributed by atoms with Crippen LogP contribution in [0.3, 0.4) is 0 Å². The molecule has 3 rings (SSSR count). The van der Waals surface area contributed by atoms with Crippen molar-refractivity contribution in [3.63, 3.8) is 0 Å². The van der Waals surface area contributed by atoms with Gasteiger partial charge in [0.2, 0.25) is 0 Å². The van der Waals surface area contributed by atoms with Crippen molar-refractivity contribution in [3.05, 3.63) is 58.6 Å². The van der Waals surface area contributed by atoms with Gasteiger partial charge in [0.15, 0.2) is 0 Å². The number of para-hydroxylation sites is 1. The molecule has 1 atom stereocenters. The Hall–Kier alpha value is -1.65.